The highest BCUT2D eigenvalue weighted by Gasteiger charge is 2.63. The van der Waals surface area contributed by atoms with Gasteiger partial charge in [0.1, 0.15) is 0 Å². The van der Waals surface area contributed by atoms with E-state index in [2.05, 4.69) is 76.2 Å². The fourth-order valence-electron chi connectivity index (χ4n) is 11.8. The number of fused-ring (bicyclic) bond motifs is 2. The van der Waals surface area contributed by atoms with Gasteiger partial charge < -0.3 is 38.0 Å². The van der Waals surface area contributed by atoms with E-state index < -0.39 is 37.9 Å². The second-order valence-corrected chi connectivity index (χ2v) is 30.2. The van der Waals surface area contributed by atoms with Gasteiger partial charge in [0, 0.05) is 24.7 Å². The number of carbonyl (C=O) groups excluding carboxylic acids is 1. The van der Waals surface area contributed by atoms with Crippen molar-refractivity contribution in [1.82, 2.24) is 0 Å². The number of benzene rings is 4. The molecule has 4 aliphatic heterocycles. The van der Waals surface area contributed by atoms with Gasteiger partial charge in [-0.05, 0) is 91.1 Å². The topological polar surface area (TPSA) is 113 Å². The van der Waals surface area contributed by atoms with E-state index >= 15 is 0 Å². The van der Waals surface area contributed by atoms with Crippen molar-refractivity contribution in [2.75, 3.05) is 13.2 Å². The molecule has 4 saturated heterocycles. The van der Waals surface area contributed by atoms with Crippen molar-refractivity contribution >= 4 is 43.4 Å². The molecule has 0 aliphatic carbocycles. The standard InChI is InChI=1S/C55H74O9Si2/c1-52(2,3)51(56)59-33-32-38-30-31-46-48(61-38)45(36-54(6,7)66(58,42-26-18-12-19-27-42)43-28-20-13-21-29-43)50-49(62-46)44(47(63-50)34-39-37-60-55(8,9)64-39)35-53(4,5)65(57,40-22-14-10-15-23-40)41-24-16-11-17-25-41/h10-29,38-39,44-50,57-58H,30-37H2,1-9H3/t38-,39?,44+,45+,46+,47-,48-,49+,50+/m1/s1. The van der Waals surface area contributed by atoms with Gasteiger partial charge in [-0.25, -0.2) is 0 Å². The van der Waals surface area contributed by atoms with Crippen LogP contribution in [0.15, 0.2) is 121 Å². The van der Waals surface area contributed by atoms with Crippen LogP contribution in [0.2, 0.25) is 10.1 Å². The Kier molecular flexibility index (Phi) is 14.2. The minimum atomic E-state index is -3.47. The van der Waals surface area contributed by atoms with Crippen LogP contribution in [0.5, 0.6) is 0 Å². The molecule has 356 valence electrons. The fraction of sp³-hybridized carbons (Fsp3) is 0.545. The van der Waals surface area contributed by atoms with E-state index in [-0.39, 0.29) is 67.1 Å². The predicted molar refractivity (Wildman–Crippen MR) is 264 cm³/mol. The van der Waals surface area contributed by atoms with Gasteiger partial charge in [0.25, 0.3) is 16.6 Å². The highest BCUT2D eigenvalue weighted by molar-refractivity contribution is 6.99. The van der Waals surface area contributed by atoms with Crippen molar-refractivity contribution in [3.05, 3.63) is 121 Å². The molecule has 1 unspecified atom stereocenters. The minimum absolute atomic E-state index is 0.107. The van der Waals surface area contributed by atoms with Gasteiger partial charge >= 0.3 is 5.97 Å². The van der Waals surface area contributed by atoms with Gasteiger partial charge in [-0.1, -0.05) is 149 Å². The molecule has 4 fully saturated rings. The quantitative estimate of drug-likeness (QED) is 0.0917. The van der Waals surface area contributed by atoms with Crippen LogP contribution in [0.1, 0.15) is 101 Å². The molecule has 4 aromatic rings. The third-order valence-electron chi connectivity index (χ3n) is 15.3. The van der Waals surface area contributed by atoms with E-state index in [9.17, 15) is 14.4 Å². The first-order valence-corrected chi connectivity index (χ1v) is 28.3. The smallest absolute Gasteiger partial charge is 0.311 e. The molecule has 0 spiro atoms. The Bertz CT molecular complexity index is 2140. The van der Waals surface area contributed by atoms with E-state index in [1.165, 1.54) is 0 Å². The van der Waals surface area contributed by atoms with Crippen molar-refractivity contribution in [3.63, 3.8) is 0 Å². The second kappa shape index (κ2) is 19.1. The summed E-state index contributed by atoms with van der Waals surface area (Å²) in [6, 6.07) is 40.9. The summed E-state index contributed by atoms with van der Waals surface area (Å²) < 4.78 is 40.6. The van der Waals surface area contributed by atoms with Gasteiger partial charge in [-0.3, -0.25) is 4.79 Å². The number of carbonyl (C=O) groups is 1. The molecular formula is C55H74O9Si2. The van der Waals surface area contributed by atoms with Gasteiger partial charge in [0.2, 0.25) is 0 Å². The molecule has 0 saturated carbocycles. The monoisotopic (exact) mass is 934 g/mol. The summed E-state index contributed by atoms with van der Waals surface area (Å²) in [6.45, 7) is 19.2. The average Bonchev–Trinajstić information content (AvgIpc) is 3.82. The molecule has 0 amide bonds. The van der Waals surface area contributed by atoms with Crippen LogP contribution in [0.4, 0.5) is 0 Å². The summed E-state index contributed by atoms with van der Waals surface area (Å²) in [4.78, 5) is 39.8. The molecule has 8 rings (SSSR count). The SMILES string of the molecule is CC1(C)OCC(C[C@H]2O[C@H]3[C@@H](CC(C)(C)[Si](O)(c4ccccc4)c4ccccc4)[C@H]4O[C@@H](CCOC(=O)C(C)(C)C)CC[C@@H]4O[C@H]3[C@H]2CC(C)(C)[Si](O)(c2ccccc2)c2ccccc2)O1. The summed E-state index contributed by atoms with van der Waals surface area (Å²) in [5, 5.41) is 2.67. The van der Waals surface area contributed by atoms with Crippen LogP contribution in [0, 0.1) is 17.3 Å². The maximum atomic E-state index is 13.6. The molecule has 4 aliphatic rings. The highest BCUT2D eigenvalue weighted by atomic mass is 28.4. The molecule has 4 heterocycles. The van der Waals surface area contributed by atoms with Crippen LogP contribution >= 0.6 is 0 Å². The highest BCUT2D eigenvalue weighted by Crippen LogP contribution is 2.55. The molecule has 0 bridgehead atoms. The lowest BCUT2D eigenvalue weighted by Gasteiger charge is -2.52. The third kappa shape index (κ3) is 9.71. The van der Waals surface area contributed by atoms with Crippen LogP contribution in [0.25, 0.3) is 0 Å². The first-order valence-electron chi connectivity index (χ1n) is 24.4. The lowest BCUT2D eigenvalue weighted by atomic mass is 9.74. The Morgan fingerprint density at radius 3 is 1.52 bits per heavy atom. The fourth-order valence-corrected chi connectivity index (χ4v) is 19.4. The average molecular weight is 935 g/mol. The summed E-state index contributed by atoms with van der Waals surface area (Å²) in [5.41, 5.74) is -0.590. The number of ether oxygens (including phenoxy) is 6. The van der Waals surface area contributed by atoms with Gasteiger partial charge in [0.05, 0.1) is 61.4 Å². The lowest BCUT2D eigenvalue weighted by molar-refractivity contribution is -0.244. The van der Waals surface area contributed by atoms with E-state index in [1.54, 1.807) is 0 Å². The largest absolute Gasteiger partial charge is 0.465 e. The number of hydrogen-bond acceptors (Lipinski definition) is 9. The molecule has 0 aromatic heterocycles. The summed E-state index contributed by atoms with van der Waals surface area (Å²) >= 11 is 0. The van der Waals surface area contributed by atoms with Crippen LogP contribution in [-0.4, -0.2) is 93.9 Å². The van der Waals surface area contributed by atoms with E-state index in [0.29, 0.717) is 32.3 Å². The lowest BCUT2D eigenvalue weighted by Crippen LogP contribution is -2.67. The van der Waals surface area contributed by atoms with Crippen molar-refractivity contribution in [2.45, 2.75) is 159 Å². The van der Waals surface area contributed by atoms with E-state index in [1.807, 2.05) is 107 Å². The van der Waals surface area contributed by atoms with Gasteiger partial charge in [-0.2, -0.15) is 0 Å². The number of rotatable bonds is 15. The maximum Gasteiger partial charge on any atom is 0.311 e. The Morgan fingerprint density at radius 1 is 0.621 bits per heavy atom. The Morgan fingerprint density at radius 2 is 1.08 bits per heavy atom. The zero-order valence-corrected chi connectivity index (χ0v) is 42.7. The minimum Gasteiger partial charge on any atom is -0.465 e. The molecule has 0 radical (unpaired) electrons. The van der Waals surface area contributed by atoms with E-state index in [0.717, 1.165) is 33.6 Å². The Labute approximate surface area is 395 Å². The normalized spacial score (nSPS) is 28.1. The first-order chi connectivity index (χ1) is 31.2. The van der Waals surface area contributed by atoms with E-state index in [4.69, 9.17) is 28.4 Å². The zero-order valence-electron chi connectivity index (χ0n) is 40.7. The number of esters is 1. The second-order valence-electron chi connectivity index (χ2n) is 22.3. The molecule has 11 heteroatoms. The van der Waals surface area contributed by atoms with Gasteiger partial charge in [0.15, 0.2) is 5.79 Å². The summed E-state index contributed by atoms with van der Waals surface area (Å²) in [6.07, 6.45) is 2.16. The molecule has 66 heavy (non-hydrogen) atoms. The molecular weight excluding hydrogens is 861 g/mol. The van der Waals surface area contributed by atoms with Crippen molar-refractivity contribution in [3.8, 4) is 0 Å². The van der Waals surface area contributed by atoms with Crippen LogP contribution in [-0.2, 0) is 33.2 Å². The predicted octanol–water partition coefficient (Wildman–Crippen LogP) is 7.67. The number of hydrogen-bond donors (Lipinski definition) is 2. The first kappa shape index (κ1) is 48.9. The zero-order chi connectivity index (χ0) is 47.1. The molecule has 2 N–H and O–H groups in total. The maximum absolute atomic E-state index is 13.6. The van der Waals surface area contributed by atoms with Crippen molar-refractivity contribution in [1.29, 1.82) is 0 Å². The van der Waals surface area contributed by atoms with Crippen LogP contribution in [0.3, 0.4) is 0 Å². The van der Waals surface area contributed by atoms with Crippen molar-refractivity contribution in [2.24, 2.45) is 17.3 Å². The molecule has 4 aromatic carbocycles. The van der Waals surface area contributed by atoms with Crippen molar-refractivity contribution < 1.29 is 42.8 Å². The van der Waals surface area contributed by atoms with Crippen LogP contribution < -0.4 is 20.7 Å². The Hall–Kier alpha value is -3.50. The third-order valence-corrected chi connectivity index (χ3v) is 24.3. The summed E-state index contributed by atoms with van der Waals surface area (Å²) in [7, 11) is -6.91. The molecule has 9 atom stereocenters. The molecule has 9 nitrogen and oxygen atoms in total. The van der Waals surface area contributed by atoms with Gasteiger partial charge in [-0.15, -0.1) is 0 Å². The summed E-state index contributed by atoms with van der Waals surface area (Å²) in [5.74, 6) is -1.20. The Balaban J connectivity index is 1.19.